The zero-order chi connectivity index (χ0) is 14.7. The third-order valence-corrected chi connectivity index (χ3v) is 4.41. The van der Waals surface area contributed by atoms with Crippen LogP contribution in [0.2, 0.25) is 0 Å². The fourth-order valence-electron chi connectivity index (χ4n) is 1.88. The van der Waals surface area contributed by atoms with Gasteiger partial charge in [-0.3, -0.25) is 0 Å². The van der Waals surface area contributed by atoms with Gasteiger partial charge in [0.25, 0.3) is 0 Å². The second-order valence-corrected chi connectivity index (χ2v) is 6.75. The van der Waals surface area contributed by atoms with E-state index >= 15 is 0 Å². The third kappa shape index (κ3) is 4.33. The van der Waals surface area contributed by atoms with Crippen LogP contribution >= 0.6 is 0 Å². The molecule has 6 heteroatoms. The van der Waals surface area contributed by atoms with E-state index in [0.29, 0.717) is 0 Å². The van der Waals surface area contributed by atoms with E-state index in [-0.39, 0.29) is 10.5 Å². The van der Waals surface area contributed by atoms with Gasteiger partial charge in [-0.2, -0.15) is 0 Å². The number of hydrogen-bond donors (Lipinski definition) is 2. The highest BCUT2D eigenvalue weighted by Crippen LogP contribution is 2.17. The van der Waals surface area contributed by atoms with Crippen molar-refractivity contribution < 1.29 is 18.3 Å². The molecule has 0 aliphatic carbocycles. The summed E-state index contributed by atoms with van der Waals surface area (Å²) in [4.78, 5) is 10.8. The number of carbonyl (C=O) groups is 1. The van der Waals surface area contributed by atoms with E-state index < -0.39 is 21.5 Å². The van der Waals surface area contributed by atoms with Gasteiger partial charge in [0, 0.05) is 5.54 Å². The normalized spacial score (nSPS) is 12.4. The Morgan fingerprint density at radius 2 is 1.79 bits per heavy atom. The highest BCUT2D eigenvalue weighted by Gasteiger charge is 2.25. The van der Waals surface area contributed by atoms with Crippen LogP contribution in [-0.4, -0.2) is 25.0 Å². The van der Waals surface area contributed by atoms with Gasteiger partial charge in [0.15, 0.2) is 0 Å². The van der Waals surface area contributed by atoms with Gasteiger partial charge in [-0.25, -0.2) is 17.9 Å². The van der Waals surface area contributed by atoms with Crippen molar-refractivity contribution in [2.24, 2.45) is 0 Å². The summed E-state index contributed by atoms with van der Waals surface area (Å²) >= 11 is 0. The van der Waals surface area contributed by atoms with E-state index in [1.807, 2.05) is 20.8 Å². The Bertz CT molecular complexity index is 547. The molecule has 1 aromatic rings. The average Bonchev–Trinajstić information content (AvgIpc) is 2.27. The van der Waals surface area contributed by atoms with E-state index in [9.17, 15) is 13.2 Å². The molecule has 1 aromatic carbocycles. The Kier molecular flexibility index (Phi) is 4.70. The molecule has 0 radical (unpaired) electrons. The van der Waals surface area contributed by atoms with Crippen LogP contribution in [0.25, 0.3) is 0 Å². The van der Waals surface area contributed by atoms with E-state index in [1.165, 1.54) is 24.3 Å². The van der Waals surface area contributed by atoms with Crippen molar-refractivity contribution in [2.75, 3.05) is 0 Å². The molecule has 0 saturated carbocycles. The van der Waals surface area contributed by atoms with Crippen LogP contribution in [0.5, 0.6) is 0 Å². The zero-order valence-electron chi connectivity index (χ0n) is 11.3. The van der Waals surface area contributed by atoms with E-state index in [4.69, 9.17) is 5.11 Å². The molecule has 106 valence electrons. The Morgan fingerprint density at radius 3 is 2.21 bits per heavy atom. The van der Waals surface area contributed by atoms with E-state index in [1.54, 1.807) is 0 Å². The molecule has 2 N–H and O–H groups in total. The van der Waals surface area contributed by atoms with Crippen molar-refractivity contribution in [2.45, 2.75) is 44.0 Å². The van der Waals surface area contributed by atoms with Crippen molar-refractivity contribution >= 4 is 16.0 Å². The Hall–Kier alpha value is -1.40. The largest absolute Gasteiger partial charge is 0.478 e. The second kappa shape index (κ2) is 5.71. The molecule has 19 heavy (non-hydrogen) atoms. The fourth-order valence-corrected chi connectivity index (χ4v) is 3.32. The minimum atomic E-state index is -3.63. The van der Waals surface area contributed by atoms with Crippen molar-refractivity contribution in [3.8, 4) is 0 Å². The van der Waals surface area contributed by atoms with Crippen molar-refractivity contribution in [1.82, 2.24) is 4.72 Å². The average molecular weight is 285 g/mol. The van der Waals surface area contributed by atoms with Gasteiger partial charge >= 0.3 is 5.97 Å². The highest BCUT2D eigenvalue weighted by molar-refractivity contribution is 7.89. The first kappa shape index (κ1) is 15.7. The maximum absolute atomic E-state index is 12.1. The first-order valence-corrected chi connectivity index (χ1v) is 7.53. The van der Waals surface area contributed by atoms with Crippen molar-refractivity contribution in [3.05, 3.63) is 29.8 Å². The number of hydrogen-bond acceptors (Lipinski definition) is 3. The van der Waals surface area contributed by atoms with E-state index in [2.05, 4.69) is 4.72 Å². The summed E-state index contributed by atoms with van der Waals surface area (Å²) in [5.74, 6) is -1.08. The topological polar surface area (TPSA) is 83.5 Å². The van der Waals surface area contributed by atoms with Crippen LogP contribution in [0.1, 0.15) is 44.0 Å². The summed E-state index contributed by atoms with van der Waals surface area (Å²) in [6.45, 7) is 5.62. The Morgan fingerprint density at radius 1 is 1.26 bits per heavy atom. The number of carboxylic acids is 1. The quantitative estimate of drug-likeness (QED) is 0.839. The van der Waals surface area contributed by atoms with Gasteiger partial charge in [-0.05, 0) is 44.5 Å². The van der Waals surface area contributed by atoms with Gasteiger partial charge in [0.1, 0.15) is 0 Å². The lowest BCUT2D eigenvalue weighted by molar-refractivity contribution is 0.0696. The molecule has 0 atom stereocenters. The molecule has 0 heterocycles. The van der Waals surface area contributed by atoms with Crippen LogP contribution in [0.3, 0.4) is 0 Å². The number of carboxylic acid groups (broad SMARTS) is 1. The molecular formula is C13H19NO4S. The summed E-state index contributed by atoms with van der Waals surface area (Å²) in [5.41, 5.74) is -0.467. The predicted molar refractivity (Wildman–Crippen MR) is 72.7 cm³/mol. The highest BCUT2D eigenvalue weighted by atomic mass is 32.2. The summed E-state index contributed by atoms with van der Waals surface area (Å²) in [6, 6.07) is 5.16. The first-order chi connectivity index (χ1) is 8.68. The first-order valence-electron chi connectivity index (χ1n) is 6.05. The number of rotatable bonds is 6. The van der Waals surface area contributed by atoms with Gasteiger partial charge in [-0.1, -0.05) is 13.3 Å². The minimum absolute atomic E-state index is 0.0618. The van der Waals surface area contributed by atoms with Gasteiger partial charge in [0.05, 0.1) is 10.5 Å². The van der Waals surface area contributed by atoms with Crippen LogP contribution in [-0.2, 0) is 10.0 Å². The fraction of sp³-hybridized carbons (Fsp3) is 0.462. The Labute approximate surface area is 113 Å². The standard InChI is InChI=1S/C13H19NO4S/c1-4-9-13(2,3)14-19(17,18)11-7-5-10(6-8-11)12(15)16/h5-8,14H,4,9H2,1-3H3,(H,15,16). The van der Waals surface area contributed by atoms with Crippen LogP contribution in [0.15, 0.2) is 29.2 Å². The van der Waals surface area contributed by atoms with Crippen molar-refractivity contribution in [3.63, 3.8) is 0 Å². The van der Waals surface area contributed by atoms with Gasteiger partial charge in [0.2, 0.25) is 10.0 Å². The lowest BCUT2D eigenvalue weighted by atomic mass is 10.0. The summed E-state index contributed by atoms with van der Waals surface area (Å²) in [5, 5.41) is 8.77. The number of aromatic carboxylic acids is 1. The van der Waals surface area contributed by atoms with Gasteiger partial charge in [-0.15, -0.1) is 0 Å². The molecule has 0 aromatic heterocycles. The molecule has 0 fully saturated rings. The zero-order valence-corrected chi connectivity index (χ0v) is 12.1. The molecular weight excluding hydrogens is 266 g/mol. The number of benzene rings is 1. The lowest BCUT2D eigenvalue weighted by Crippen LogP contribution is -2.43. The number of sulfonamides is 1. The molecule has 1 rings (SSSR count). The maximum atomic E-state index is 12.1. The smallest absolute Gasteiger partial charge is 0.335 e. The van der Waals surface area contributed by atoms with Crippen LogP contribution < -0.4 is 4.72 Å². The van der Waals surface area contributed by atoms with Gasteiger partial charge < -0.3 is 5.11 Å². The molecule has 0 amide bonds. The summed E-state index contributed by atoms with van der Waals surface area (Å²) in [7, 11) is -3.63. The minimum Gasteiger partial charge on any atom is -0.478 e. The Balaban J connectivity index is 2.98. The van der Waals surface area contributed by atoms with E-state index in [0.717, 1.165) is 12.8 Å². The molecule has 0 aliphatic heterocycles. The third-order valence-electron chi connectivity index (χ3n) is 2.70. The van der Waals surface area contributed by atoms with Crippen molar-refractivity contribution in [1.29, 1.82) is 0 Å². The summed E-state index contributed by atoms with van der Waals surface area (Å²) < 4.78 is 26.9. The molecule has 0 unspecified atom stereocenters. The predicted octanol–water partition coefficient (Wildman–Crippen LogP) is 2.24. The number of nitrogens with one attached hydrogen (secondary N) is 1. The second-order valence-electron chi connectivity index (χ2n) is 5.07. The van der Waals surface area contributed by atoms with Crippen LogP contribution in [0.4, 0.5) is 0 Å². The monoisotopic (exact) mass is 285 g/mol. The molecule has 0 aliphatic rings. The summed E-state index contributed by atoms with van der Waals surface area (Å²) in [6.07, 6.45) is 1.59. The molecule has 5 nitrogen and oxygen atoms in total. The molecule has 0 spiro atoms. The lowest BCUT2D eigenvalue weighted by Gasteiger charge is -2.25. The van der Waals surface area contributed by atoms with Crippen LogP contribution in [0, 0.1) is 0 Å². The molecule has 0 saturated heterocycles. The maximum Gasteiger partial charge on any atom is 0.335 e. The SMILES string of the molecule is CCCC(C)(C)NS(=O)(=O)c1ccc(C(=O)O)cc1. The molecule has 0 bridgehead atoms.